The molecule has 3 nitrogen and oxygen atoms in total. The summed E-state index contributed by atoms with van der Waals surface area (Å²) in [7, 11) is 1.93. The van der Waals surface area contributed by atoms with Crippen LogP contribution >= 0.6 is 11.6 Å². The Morgan fingerprint density at radius 1 is 1.62 bits per heavy atom. The predicted molar refractivity (Wildman–Crippen MR) is 55.3 cm³/mol. The molecular weight excluding hydrogens is 186 g/mol. The molecule has 0 amide bonds. The smallest absolute Gasteiger partial charge is 0.130 e. The number of hydrogen-bond acceptors (Lipinski definition) is 2. The Morgan fingerprint density at radius 2 is 2.31 bits per heavy atom. The summed E-state index contributed by atoms with van der Waals surface area (Å²) >= 11 is 6.13. The van der Waals surface area contributed by atoms with Gasteiger partial charge in [-0.05, 0) is 33.9 Å². The minimum atomic E-state index is 0.329. The molecule has 74 valence electrons. The highest BCUT2D eigenvalue weighted by atomic mass is 35.5. The van der Waals surface area contributed by atoms with Crippen molar-refractivity contribution in [2.45, 2.75) is 26.3 Å². The largest absolute Gasteiger partial charge is 0.319 e. The Bertz CT molecular complexity index is 268. The van der Waals surface area contributed by atoms with E-state index in [0.29, 0.717) is 6.04 Å². The van der Waals surface area contributed by atoms with E-state index >= 15 is 0 Å². The van der Waals surface area contributed by atoms with E-state index in [9.17, 15) is 0 Å². The number of aromatic nitrogens is 2. The second kappa shape index (κ2) is 4.63. The summed E-state index contributed by atoms with van der Waals surface area (Å²) in [5, 5.41) is 8.08. The van der Waals surface area contributed by atoms with Crippen LogP contribution in [0.3, 0.4) is 0 Å². The first-order valence-corrected chi connectivity index (χ1v) is 4.91. The zero-order chi connectivity index (χ0) is 9.84. The van der Waals surface area contributed by atoms with Crippen molar-refractivity contribution in [1.82, 2.24) is 15.1 Å². The maximum Gasteiger partial charge on any atom is 0.130 e. The first kappa shape index (κ1) is 10.5. The first-order valence-electron chi connectivity index (χ1n) is 4.53. The third-order valence-corrected chi connectivity index (χ3v) is 2.35. The lowest BCUT2D eigenvalue weighted by Crippen LogP contribution is -2.10. The molecule has 0 saturated heterocycles. The molecule has 4 heteroatoms. The van der Waals surface area contributed by atoms with Gasteiger partial charge in [0.25, 0.3) is 0 Å². The number of likely N-dealkylation sites (N-methyl/N-ethyl adjacent to an activating group) is 1. The molecule has 0 radical (unpaired) electrons. The van der Waals surface area contributed by atoms with Gasteiger partial charge >= 0.3 is 0 Å². The molecule has 1 aromatic heterocycles. The van der Waals surface area contributed by atoms with Crippen molar-refractivity contribution in [3.8, 4) is 0 Å². The normalized spacial score (nSPS) is 11.2. The highest BCUT2D eigenvalue weighted by Crippen LogP contribution is 2.19. The van der Waals surface area contributed by atoms with E-state index in [1.165, 1.54) is 0 Å². The van der Waals surface area contributed by atoms with Crippen LogP contribution in [-0.2, 0) is 6.42 Å². The van der Waals surface area contributed by atoms with Gasteiger partial charge in [0.15, 0.2) is 0 Å². The lowest BCUT2D eigenvalue weighted by atomic mass is 10.2. The lowest BCUT2D eigenvalue weighted by Gasteiger charge is -2.06. The predicted octanol–water partition coefficient (Wildman–Crippen LogP) is 1.88. The maximum atomic E-state index is 6.13. The van der Waals surface area contributed by atoms with Gasteiger partial charge in [-0.3, -0.25) is 4.68 Å². The second-order valence-corrected chi connectivity index (χ2v) is 3.71. The number of nitrogens with zero attached hydrogens (tertiary/aromatic N) is 2. The van der Waals surface area contributed by atoms with Gasteiger partial charge in [-0.15, -0.1) is 0 Å². The molecule has 1 heterocycles. The second-order valence-electron chi connectivity index (χ2n) is 3.35. The Morgan fingerprint density at radius 3 is 2.77 bits per heavy atom. The van der Waals surface area contributed by atoms with Crippen LogP contribution in [0.2, 0.25) is 5.15 Å². The standard InChI is InChI=1S/C9H16ClN3/c1-7(2)13-9(10)8(6-12-13)4-5-11-3/h6-7,11H,4-5H2,1-3H3. The number of halogens is 1. The average Bonchev–Trinajstić information content (AvgIpc) is 2.43. The van der Waals surface area contributed by atoms with Crippen molar-refractivity contribution in [1.29, 1.82) is 0 Å². The van der Waals surface area contributed by atoms with E-state index in [1.54, 1.807) is 0 Å². The van der Waals surface area contributed by atoms with Gasteiger partial charge in [0, 0.05) is 11.6 Å². The van der Waals surface area contributed by atoms with E-state index in [0.717, 1.165) is 23.7 Å². The molecule has 0 atom stereocenters. The van der Waals surface area contributed by atoms with E-state index in [4.69, 9.17) is 11.6 Å². The zero-order valence-corrected chi connectivity index (χ0v) is 9.10. The maximum absolute atomic E-state index is 6.13. The quantitative estimate of drug-likeness (QED) is 0.806. The van der Waals surface area contributed by atoms with Gasteiger partial charge in [-0.1, -0.05) is 11.6 Å². The highest BCUT2D eigenvalue weighted by Gasteiger charge is 2.09. The number of nitrogens with one attached hydrogen (secondary N) is 1. The van der Waals surface area contributed by atoms with Crippen molar-refractivity contribution in [2.24, 2.45) is 0 Å². The molecule has 0 aromatic carbocycles. The van der Waals surface area contributed by atoms with Gasteiger partial charge in [-0.2, -0.15) is 5.10 Å². The summed E-state index contributed by atoms with van der Waals surface area (Å²) in [4.78, 5) is 0. The molecule has 13 heavy (non-hydrogen) atoms. The summed E-state index contributed by atoms with van der Waals surface area (Å²) in [5.74, 6) is 0. The molecule has 1 aromatic rings. The van der Waals surface area contributed by atoms with Crippen LogP contribution in [0.1, 0.15) is 25.5 Å². The summed E-state index contributed by atoms with van der Waals surface area (Å²) in [5.41, 5.74) is 1.12. The zero-order valence-electron chi connectivity index (χ0n) is 8.34. The summed E-state index contributed by atoms with van der Waals surface area (Å²) in [6.45, 7) is 5.07. The highest BCUT2D eigenvalue weighted by molar-refractivity contribution is 6.30. The van der Waals surface area contributed by atoms with Gasteiger partial charge < -0.3 is 5.32 Å². The van der Waals surface area contributed by atoms with Crippen LogP contribution in [0, 0.1) is 0 Å². The fourth-order valence-electron chi connectivity index (χ4n) is 1.17. The van der Waals surface area contributed by atoms with Gasteiger partial charge in [0.1, 0.15) is 5.15 Å². The minimum absolute atomic E-state index is 0.329. The monoisotopic (exact) mass is 201 g/mol. The Labute approximate surface area is 84.1 Å². The number of hydrogen-bond donors (Lipinski definition) is 1. The van der Waals surface area contributed by atoms with Crippen molar-refractivity contribution < 1.29 is 0 Å². The van der Waals surface area contributed by atoms with Gasteiger partial charge in [-0.25, -0.2) is 0 Å². The van der Waals surface area contributed by atoms with Crippen LogP contribution in [0.25, 0.3) is 0 Å². The van der Waals surface area contributed by atoms with Crippen molar-refractivity contribution in [3.05, 3.63) is 16.9 Å². The van der Waals surface area contributed by atoms with Crippen LogP contribution in [0.15, 0.2) is 6.20 Å². The van der Waals surface area contributed by atoms with Crippen molar-refractivity contribution in [2.75, 3.05) is 13.6 Å². The Hall–Kier alpha value is -0.540. The van der Waals surface area contributed by atoms with E-state index in [2.05, 4.69) is 24.3 Å². The lowest BCUT2D eigenvalue weighted by molar-refractivity contribution is 0.533. The molecule has 0 bridgehead atoms. The summed E-state index contributed by atoms with van der Waals surface area (Å²) < 4.78 is 1.84. The Kier molecular flexibility index (Phi) is 3.75. The van der Waals surface area contributed by atoms with Crippen molar-refractivity contribution >= 4 is 11.6 Å². The van der Waals surface area contributed by atoms with Gasteiger partial charge in [0.2, 0.25) is 0 Å². The third kappa shape index (κ3) is 2.45. The van der Waals surface area contributed by atoms with Crippen LogP contribution in [-0.4, -0.2) is 23.4 Å². The molecule has 0 fully saturated rings. The molecular formula is C9H16ClN3. The summed E-state index contributed by atoms with van der Waals surface area (Å²) in [6, 6.07) is 0.329. The van der Waals surface area contributed by atoms with Crippen LogP contribution in [0.4, 0.5) is 0 Å². The molecule has 1 N–H and O–H groups in total. The van der Waals surface area contributed by atoms with Crippen LogP contribution < -0.4 is 5.32 Å². The van der Waals surface area contributed by atoms with E-state index < -0.39 is 0 Å². The average molecular weight is 202 g/mol. The molecule has 0 aliphatic carbocycles. The first-order chi connectivity index (χ1) is 6.16. The molecule has 0 saturated carbocycles. The van der Waals surface area contributed by atoms with Crippen molar-refractivity contribution in [3.63, 3.8) is 0 Å². The topological polar surface area (TPSA) is 29.9 Å². The minimum Gasteiger partial charge on any atom is -0.319 e. The molecule has 0 spiro atoms. The molecule has 0 aliphatic heterocycles. The Balaban J connectivity index is 2.74. The fraction of sp³-hybridized carbons (Fsp3) is 0.667. The molecule has 0 unspecified atom stereocenters. The van der Waals surface area contributed by atoms with E-state index in [-0.39, 0.29) is 0 Å². The van der Waals surface area contributed by atoms with E-state index in [1.807, 2.05) is 17.9 Å². The third-order valence-electron chi connectivity index (χ3n) is 1.94. The summed E-state index contributed by atoms with van der Waals surface area (Å²) in [6.07, 6.45) is 2.78. The van der Waals surface area contributed by atoms with Gasteiger partial charge in [0.05, 0.1) is 6.20 Å². The number of rotatable bonds is 4. The molecule has 1 rings (SSSR count). The fourth-order valence-corrected chi connectivity index (χ4v) is 1.55. The van der Waals surface area contributed by atoms with Crippen LogP contribution in [0.5, 0.6) is 0 Å². The SMILES string of the molecule is CNCCc1cnn(C(C)C)c1Cl. The molecule has 0 aliphatic rings.